The zero-order valence-corrected chi connectivity index (χ0v) is 7.77. The molecular weight excluding hydrogens is 140 g/mol. The predicted octanol–water partition coefficient (Wildman–Crippen LogP) is 0.496. The molecule has 0 bridgehead atoms. The lowest BCUT2D eigenvalue weighted by Crippen LogP contribution is -2.52. The van der Waals surface area contributed by atoms with E-state index in [1.54, 1.807) is 7.05 Å². The van der Waals surface area contributed by atoms with Gasteiger partial charge in [-0.3, -0.25) is 4.79 Å². The second-order valence-corrected chi connectivity index (χ2v) is 3.54. The lowest BCUT2D eigenvalue weighted by molar-refractivity contribution is -0.124. The van der Waals surface area contributed by atoms with Crippen LogP contribution in [0.15, 0.2) is 0 Å². The Labute approximate surface area is 68.3 Å². The average Bonchev–Trinajstić information content (AvgIpc) is 1.86. The van der Waals surface area contributed by atoms with Crippen molar-refractivity contribution in [3.8, 4) is 0 Å². The van der Waals surface area contributed by atoms with Gasteiger partial charge in [0.15, 0.2) is 0 Å². The molecule has 3 N–H and O–H groups in total. The van der Waals surface area contributed by atoms with E-state index in [2.05, 4.69) is 19.2 Å². The van der Waals surface area contributed by atoms with Crippen LogP contribution in [0.5, 0.6) is 0 Å². The van der Waals surface area contributed by atoms with Crippen LogP contribution in [-0.4, -0.2) is 18.5 Å². The highest BCUT2D eigenvalue weighted by Gasteiger charge is 2.29. The first-order valence-corrected chi connectivity index (χ1v) is 3.91. The van der Waals surface area contributed by atoms with Gasteiger partial charge in [-0.25, -0.2) is 0 Å². The van der Waals surface area contributed by atoms with Crippen molar-refractivity contribution >= 4 is 5.91 Å². The lowest BCUT2D eigenvalue weighted by Gasteiger charge is -2.27. The van der Waals surface area contributed by atoms with Crippen LogP contribution in [-0.2, 0) is 4.79 Å². The van der Waals surface area contributed by atoms with Gasteiger partial charge in [-0.2, -0.15) is 0 Å². The Balaban J connectivity index is 4.22. The molecule has 1 atom stereocenters. The maximum absolute atomic E-state index is 10.9. The third kappa shape index (κ3) is 2.89. The van der Waals surface area contributed by atoms with Gasteiger partial charge in [-0.05, 0) is 26.3 Å². The number of amides is 1. The normalized spacial score (nSPS) is 16.5. The molecule has 66 valence electrons. The zero-order valence-electron chi connectivity index (χ0n) is 7.77. The number of carbonyl (C=O) groups excluding carboxylic acids is 1. The smallest absolute Gasteiger partial charge is 0.237 e. The monoisotopic (exact) mass is 158 g/mol. The number of likely N-dealkylation sites (N-methyl/N-ethyl adjacent to an activating group) is 1. The van der Waals surface area contributed by atoms with Crippen molar-refractivity contribution in [1.29, 1.82) is 0 Å². The molecule has 0 aliphatic rings. The summed E-state index contributed by atoms with van der Waals surface area (Å²) >= 11 is 0. The van der Waals surface area contributed by atoms with Gasteiger partial charge in [0.25, 0.3) is 0 Å². The summed E-state index contributed by atoms with van der Waals surface area (Å²) in [6, 6.07) is 0. The van der Waals surface area contributed by atoms with Crippen LogP contribution >= 0.6 is 0 Å². The van der Waals surface area contributed by atoms with Gasteiger partial charge >= 0.3 is 0 Å². The molecule has 0 unspecified atom stereocenters. The third-order valence-electron chi connectivity index (χ3n) is 1.91. The number of nitrogens with two attached hydrogens (primary N) is 1. The molecule has 0 aromatic carbocycles. The first kappa shape index (κ1) is 10.4. The minimum atomic E-state index is -0.547. The van der Waals surface area contributed by atoms with Crippen molar-refractivity contribution in [1.82, 2.24) is 5.32 Å². The van der Waals surface area contributed by atoms with Crippen LogP contribution in [0.2, 0.25) is 0 Å². The minimum absolute atomic E-state index is 0.284. The highest BCUT2D eigenvalue weighted by molar-refractivity contribution is 5.84. The SMILES string of the molecule is CN[C@](C)(CC(C)C)C(N)=O. The van der Waals surface area contributed by atoms with Gasteiger partial charge in [0.05, 0.1) is 5.54 Å². The summed E-state index contributed by atoms with van der Waals surface area (Å²) in [5.74, 6) is 0.189. The Morgan fingerprint density at radius 1 is 1.64 bits per heavy atom. The van der Waals surface area contributed by atoms with Crippen LogP contribution < -0.4 is 11.1 Å². The fraction of sp³-hybridized carbons (Fsp3) is 0.875. The second-order valence-electron chi connectivity index (χ2n) is 3.54. The van der Waals surface area contributed by atoms with E-state index in [-0.39, 0.29) is 5.91 Å². The Kier molecular flexibility index (Phi) is 3.52. The lowest BCUT2D eigenvalue weighted by atomic mass is 9.90. The fourth-order valence-electron chi connectivity index (χ4n) is 1.14. The third-order valence-corrected chi connectivity index (χ3v) is 1.91. The number of carbonyl (C=O) groups is 1. The van der Waals surface area contributed by atoms with Crippen LogP contribution in [0.3, 0.4) is 0 Å². The first-order valence-electron chi connectivity index (χ1n) is 3.91. The van der Waals surface area contributed by atoms with Crippen molar-refractivity contribution in [3.05, 3.63) is 0 Å². The van der Waals surface area contributed by atoms with Crippen molar-refractivity contribution in [2.75, 3.05) is 7.05 Å². The molecule has 0 saturated carbocycles. The molecule has 11 heavy (non-hydrogen) atoms. The minimum Gasteiger partial charge on any atom is -0.368 e. The predicted molar refractivity (Wildman–Crippen MR) is 46.1 cm³/mol. The standard InChI is InChI=1S/C8H18N2O/c1-6(2)5-8(3,10-4)7(9)11/h6,10H,5H2,1-4H3,(H2,9,11)/t8-/m1/s1. The van der Waals surface area contributed by atoms with Crippen LogP contribution in [0, 0.1) is 5.92 Å². The molecule has 0 aromatic heterocycles. The zero-order chi connectivity index (χ0) is 9.07. The van der Waals surface area contributed by atoms with Gasteiger partial charge in [-0.15, -0.1) is 0 Å². The van der Waals surface area contributed by atoms with E-state index < -0.39 is 5.54 Å². The van der Waals surface area contributed by atoms with E-state index >= 15 is 0 Å². The number of hydrogen-bond acceptors (Lipinski definition) is 2. The summed E-state index contributed by atoms with van der Waals surface area (Å²) in [6.45, 7) is 5.96. The van der Waals surface area contributed by atoms with Crippen LogP contribution in [0.1, 0.15) is 27.2 Å². The van der Waals surface area contributed by atoms with Crippen molar-refractivity contribution in [2.24, 2.45) is 11.7 Å². The Hall–Kier alpha value is -0.570. The van der Waals surface area contributed by atoms with E-state index in [1.165, 1.54) is 0 Å². The Morgan fingerprint density at radius 2 is 2.09 bits per heavy atom. The molecule has 1 amide bonds. The van der Waals surface area contributed by atoms with Crippen molar-refractivity contribution < 1.29 is 4.79 Å². The summed E-state index contributed by atoms with van der Waals surface area (Å²) in [5, 5.41) is 2.93. The van der Waals surface area contributed by atoms with Crippen molar-refractivity contribution in [2.45, 2.75) is 32.7 Å². The fourth-order valence-corrected chi connectivity index (χ4v) is 1.14. The molecule has 0 aliphatic carbocycles. The molecule has 0 aromatic rings. The molecule has 0 fully saturated rings. The summed E-state index contributed by atoms with van der Waals surface area (Å²) in [6.07, 6.45) is 0.777. The van der Waals surface area contributed by atoms with Gasteiger partial charge in [0.1, 0.15) is 0 Å². The summed E-state index contributed by atoms with van der Waals surface area (Å²) < 4.78 is 0. The summed E-state index contributed by atoms with van der Waals surface area (Å²) in [7, 11) is 1.76. The van der Waals surface area contributed by atoms with E-state index in [0.29, 0.717) is 5.92 Å². The molecule has 0 aliphatic heterocycles. The van der Waals surface area contributed by atoms with E-state index in [1.807, 2.05) is 6.92 Å². The topological polar surface area (TPSA) is 55.1 Å². The Morgan fingerprint density at radius 3 is 2.18 bits per heavy atom. The molecule has 0 saturated heterocycles. The highest BCUT2D eigenvalue weighted by Crippen LogP contribution is 2.14. The maximum atomic E-state index is 10.9. The van der Waals surface area contributed by atoms with E-state index in [0.717, 1.165) is 6.42 Å². The molecular formula is C8H18N2O. The summed E-state index contributed by atoms with van der Waals surface area (Å²) in [5.41, 5.74) is 4.68. The quantitative estimate of drug-likeness (QED) is 0.626. The van der Waals surface area contributed by atoms with Crippen LogP contribution in [0.4, 0.5) is 0 Å². The first-order chi connectivity index (χ1) is 4.92. The molecule has 0 radical (unpaired) electrons. The van der Waals surface area contributed by atoms with Gasteiger partial charge in [0, 0.05) is 0 Å². The number of primary amides is 1. The molecule has 0 rings (SSSR count). The number of hydrogen-bond donors (Lipinski definition) is 2. The van der Waals surface area contributed by atoms with Gasteiger partial charge in [0.2, 0.25) is 5.91 Å². The van der Waals surface area contributed by atoms with E-state index in [9.17, 15) is 4.79 Å². The largest absolute Gasteiger partial charge is 0.368 e. The Bertz CT molecular complexity index is 145. The molecule has 0 heterocycles. The van der Waals surface area contributed by atoms with E-state index in [4.69, 9.17) is 5.73 Å². The van der Waals surface area contributed by atoms with Crippen molar-refractivity contribution in [3.63, 3.8) is 0 Å². The number of rotatable bonds is 4. The average molecular weight is 158 g/mol. The molecule has 3 nitrogen and oxygen atoms in total. The number of nitrogens with one attached hydrogen (secondary N) is 1. The summed E-state index contributed by atoms with van der Waals surface area (Å²) in [4.78, 5) is 10.9. The molecule has 3 heteroatoms. The highest BCUT2D eigenvalue weighted by atomic mass is 16.1. The van der Waals surface area contributed by atoms with Gasteiger partial charge < -0.3 is 11.1 Å². The van der Waals surface area contributed by atoms with Gasteiger partial charge in [-0.1, -0.05) is 13.8 Å². The molecule has 0 spiro atoms. The maximum Gasteiger partial charge on any atom is 0.237 e. The second kappa shape index (κ2) is 3.72. The van der Waals surface area contributed by atoms with Crippen LogP contribution in [0.25, 0.3) is 0 Å².